The number of nitriles is 1. The Morgan fingerprint density at radius 2 is 2.14 bits per heavy atom. The van der Waals surface area contributed by atoms with E-state index in [1.165, 1.54) is 16.6 Å². The van der Waals surface area contributed by atoms with Gasteiger partial charge in [0.1, 0.15) is 16.9 Å². The number of aryl methyl sites for hydroxylation is 1. The van der Waals surface area contributed by atoms with E-state index in [1.54, 1.807) is 11.3 Å². The Kier molecular flexibility index (Phi) is 6.69. The van der Waals surface area contributed by atoms with Crippen LogP contribution in [-0.2, 0) is 30.6 Å². The summed E-state index contributed by atoms with van der Waals surface area (Å²) < 4.78 is 2.04. The summed E-state index contributed by atoms with van der Waals surface area (Å²) in [5.74, 6) is 1.68. The number of anilines is 1. The van der Waals surface area contributed by atoms with Gasteiger partial charge in [-0.15, -0.1) is 21.5 Å². The average molecular weight is 432 g/mol. The van der Waals surface area contributed by atoms with E-state index in [-0.39, 0.29) is 17.1 Å². The number of hydrogen-bond donors (Lipinski definition) is 1. The van der Waals surface area contributed by atoms with Crippen molar-refractivity contribution < 1.29 is 4.79 Å². The minimum atomic E-state index is -0.110. The highest BCUT2D eigenvalue weighted by Crippen LogP contribution is 2.44. The van der Waals surface area contributed by atoms with E-state index < -0.39 is 0 Å². The van der Waals surface area contributed by atoms with Gasteiger partial charge in [0, 0.05) is 17.8 Å². The lowest BCUT2D eigenvalue weighted by atomic mass is 9.72. The second kappa shape index (κ2) is 8.88. The van der Waals surface area contributed by atoms with E-state index in [4.69, 9.17) is 0 Å². The fourth-order valence-electron chi connectivity index (χ4n) is 3.83. The Hall–Kier alpha value is -1.85. The van der Waals surface area contributed by atoms with Gasteiger partial charge in [-0.25, -0.2) is 0 Å². The van der Waals surface area contributed by atoms with Crippen LogP contribution in [0.25, 0.3) is 0 Å². The van der Waals surface area contributed by atoms with E-state index in [2.05, 4.69) is 42.4 Å². The number of aromatic nitrogens is 3. The maximum absolute atomic E-state index is 12.6. The van der Waals surface area contributed by atoms with Gasteiger partial charge >= 0.3 is 0 Å². The lowest BCUT2D eigenvalue weighted by molar-refractivity contribution is -0.113. The van der Waals surface area contributed by atoms with Crippen LogP contribution in [0.2, 0.25) is 0 Å². The maximum Gasteiger partial charge on any atom is 0.235 e. The number of hydrogen-bond acceptors (Lipinski definition) is 6. The summed E-state index contributed by atoms with van der Waals surface area (Å²) in [7, 11) is 0. The number of nitrogens with zero attached hydrogens (tertiary/aromatic N) is 4. The van der Waals surface area contributed by atoms with E-state index in [0.717, 1.165) is 48.8 Å². The summed E-state index contributed by atoms with van der Waals surface area (Å²) in [4.78, 5) is 13.8. The lowest BCUT2D eigenvalue weighted by Crippen LogP contribution is -2.26. The summed E-state index contributed by atoms with van der Waals surface area (Å²) in [5, 5.41) is 22.5. The van der Waals surface area contributed by atoms with E-state index in [9.17, 15) is 10.1 Å². The van der Waals surface area contributed by atoms with E-state index in [1.807, 2.05) is 18.4 Å². The molecule has 0 saturated heterocycles. The Labute approximate surface area is 181 Å². The summed E-state index contributed by atoms with van der Waals surface area (Å²) in [5.41, 5.74) is 2.04. The molecular weight excluding hydrogens is 402 g/mol. The molecule has 29 heavy (non-hydrogen) atoms. The third kappa shape index (κ3) is 4.67. The van der Waals surface area contributed by atoms with Crippen LogP contribution in [0.4, 0.5) is 5.00 Å². The van der Waals surface area contributed by atoms with Gasteiger partial charge in [-0.1, -0.05) is 39.5 Å². The molecule has 0 aromatic carbocycles. The Morgan fingerprint density at radius 1 is 1.38 bits per heavy atom. The summed E-state index contributed by atoms with van der Waals surface area (Å²) in [6.45, 7) is 11.7. The molecule has 1 N–H and O–H groups in total. The van der Waals surface area contributed by atoms with Gasteiger partial charge in [-0.05, 0) is 43.1 Å². The zero-order valence-electron chi connectivity index (χ0n) is 17.8. The molecule has 156 valence electrons. The van der Waals surface area contributed by atoms with E-state index >= 15 is 0 Å². The predicted molar refractivity (Wildman–Crippen MR) is 118 cm³/mol. The zero-order valence-corrected chi connectivity index (χ0v) is 19.5. The Morgan fingerprint density at radius 3 is 2.76 bits per heavy atom. The van der Waals surface area contributed by atoms with Crippen LogP contribution in [0.15, 0.2) is 5.16 Å². The van der Waals surface area contributed by atoms with Gasteiger partial charge in [0.05, 0.1) is 11.3 Å². The van der Waals surface area contributed by atoms with Crippen molar-refractivity contribution >= 4 is 34.0 Å². The van der Waals surface area contributed by atoms with Crippen LogP contribution < -0.4 is 5.32 Å². The molecule has 3 rings (SSSR count). The van der Waals surface area contributed by atoms with Gasteiger partial charge in [-0.2, -0.15) is 5.26 Å². The standard InChI is InChI=1S/C21H29N5OS2/c1-6-17-24-25-20(26(17)7-2)28-12-18(27)23-19-15(11-22)14-9-8-13(21(3,4)5)10-16(14)29-19/h13H,6-10,12H2,1-5H3,(H,23,27). The minimum Gasteiger partial charge on any atom is -0.316 e. The van der Waals surface area contributed by atoms with Crippen molar-refractivity contribution in [1.29, 1.82) is 5.26 Å². The molecule has 1 aliphatic rings. The maximum atomic E-state index is 12.6. The first kappa shape index (κ1) is 21.8. The second-order valence-corrected chi connectivity index (χ2v) is 10.5. The van der Waals surface area contributed by atoms with Crippen molar-refractivity contribution in [3.05, 3.63) is 21.8 Å². The highest BCUT2D eigenvalue weighted by molar-refractivity contribution is 7.99. The van der Waals surface area contributed by atoms with Gasteiger partial charge in [0.15, 0.2) is 5.16 Å². The van der Waals surface area contributed by atoms with Crippen molar-refractivity contribution in [3.63, 3.8) is 0 Å². The normalized spacial score (nSPS) is 16.3. The fraction of sp³-hybridized carbons (Fsp3) is 0.619. The molecule has 0 fully saturated rings. The van der Waals surface area contributed by atoms with Crippen LogP contribution >= 0.6 is 23.1 Å². The topological polar surface area (TPSA) is 83.6 Å². The monoisotopic (exact) mass is 431 g/mol. The van der Waals surface area contributed by atoms with Gasteiger partial charge in [0.25, 0.3) is 0 Å². The van der Waals surface area contributed by atoms with Gasteiger partial charge < -0.3 is 9.88 Å². The molecule has 0 spiro atoms. The first-order chi connectivity index (χ1) is 13.8. The molecule has 0 bridgehead atoms. The summed E-state index contributed by atoms with van der Waals surface area (Å²) in [6, 6.07) is 2.33. The fourth-order valence-corrected chi connectivity index (χ4v) is 5.94. The lowest BCUT2D eigenvalue weighted by Gasteiger charge is -2.33. The molecule has 6 nitrogen and oxygen atoms in total. The first-order valence-electron chi connectivity index (χ1n) is 10.2. The highest BCUT2D eigenvalue weighted by Gasteiger charge is 2.32. The minimum absolute atomic E-state index is 0.110. The van der Waals surface area contributed by atoms with Crippen molar-refractivity contribution in [2.24, 2.45) is 11.3 Å². The predicted octanol–water partition coefficient (Wildman–Crippen LogP) is 4.68. The van der Waals surface area contributed by atoms with Gasteiger partial charge in [0.2, 0.25) is 5.91 Å². The number of carbonyl (C=O) groups excluding carboxylic acids is 1. The van der Waals surface area contributed by atoms with Crippen molar-refractivity contribution in [3.8, 4) is 6.07 Å². The van der Waals surface area contributed by atoms with E-state index in [0.29, 0.717) is 16.5 Å². The molecule has 8 heteroatoms. The number of thiophene rings is 1. The van der Waals surface area contributed by atoms with Crippen LogP contribution in [0.3, 0.4) is 0 Å². The third-order valence-electron chi connectivity index (χ3n) is 5.61. The second-order valence-electron chi connectivity index (χ2n) is 8.46. The van der Waals surface area contributed by atoms with Crippen LogP contribution in [0, 0.1) is 22.7 Å². The quantitative estimate of drug-likeness (QED) is 0.672. The Bertz CT molecular complexity index is 932. The third-order valence-corrected chi connectivity index (χ3v) is 7.75. The molecule has 1 unspecified atom stereocenters. The Balaban J connectivity index is 1.69. The molecular formula is C21H29N5OS2. The number of nitrogens with one attached hydrogen (secondary N) is 1. The molecule has 2 aromatic rings. The largest absolute Gasteiger partial charge is 0.316 e. The smallest absolute Gasteiger partial charge is 0.235 e. The number of thioether (sulfide) groups is 1. The molecule has 2 heterocycles. The number of rotatable bonds is 6. The van der Waals surface area contributed by atoms with Crippen molar-refractivity contribution in [1.82, 2.24) is 14.8 Å². The molecule has 0 radical (unpaired) electrons. The SMILES string of the molecule is CCc1nnc(SCC(=O)Nc2sc3c(c2C#N)CCC(C(C)(C)C)C3)n1CC. The molecule has 0 saturated carbocycles. The molecule has 0 aliphatic heterocycles. The molecule has 1 aliphatic carbocycles. The zero-order chi connectivity index (χ0) is 21.2. The highest BCUT2D eigenvalue weighted by atomic mass is 32.2. The van der Waals surface area contributed by atoms with Crippen LogP contribution in [0.1, 0.15) is 62.9 Å². The van der Waals surface area contributed by atoms with Crippen LogP contribution in [0.5, 0.6) is 0 Å². The number of carbonyl (C=O) groups is 1. The van der Waals surface area contributed by atoms with Gasteiger partial charge in [-0.3, -0.25) is 4.79 Å². The summed E-state index contributed by atoms with van der Waals surface area (Å²) >= 11 is 2.96. The molecule has 1 amide bonds. The number of fused-ring (bicyclic) bond motifs is 1. The first-order valence-corrected chi connectivity index (χ1v) is 12.0. The van der Waals surface area contributed by atoms with Crippen molar-refractivity contribution in [2.45, 2.75) is 72.0 Å². The van der Waals surface area contributed by atoms with Crippen molar-refractivity contribution in [2.75, 3.05) is 11.1 Å². The van der Waals surface area contributed by atoms with Crippen LogP contribution in [-0.4, -0.2) is 26.4 Å². The molecule has 1 atom stereocenters. The average Bonchev–Trinajstić information content (AvgIpc) is 3.24. The summed E-state index contributed by atoms with van der Waals surface area (Å²) in [6.07, 6.45) is 3.82. The number of amides is 1. The molecule has 2 aromatic heterocycles.